The highest BCUT2D eigenvalue weighted by atomic mass is 35.5. The number of hydrogen-bond donors (Lipinski definition) is 2. The predicted octanol–water partition coefficient (Wildman–Crippen LogP) is 3.28. The zero-order valence-corrected chi connectivity index (χ0v) is 17.5. The summed E-state index contributed by atoms with van der Waals surface area (Å²) in [6.45, 7) is 0.856. The highest BCUT2D eigenvalue weighted by molar-refractivity contribution is 6.36. The molecule has 1 aliphatic heterocycles. The van der Waals surface area contributed by atoms with Crippen LogP contribution in [0.2, 0.25) is 10.0 Å². The minimum Gasteiger partial charge on any atom is -0.353 e. The second-order valence-electron chi connectivity index (χ2n) is 6.83. The van der Waals surface area contributed by atoms with Crippen LogP contribution >= 0.6 is 23.2 Å². The number of halogens is 3. The van der Waals surface area contributed by atoms with Crippen molar-refractivity contribution in [1.29, 1.82) is 0 Å². The van der Waals surface area contributed by atoms with Gasteiger partial charge in [0.2, 0.25) is 5.91 Å². The first kappa shape index (κ1) is 22.1. The molecule has 0 radical (unpaired) electrons. The van der Waals surface area contributed by atoms with Crippen LogP contribution in [-0.2, 0) is 4.79 Å². The van der Waals surface area contributed by atoms with E-state index in [0.29, 0.717) is 35.5 Å². The van der Waals surface area contributed by atoms with Gasteiger partial charge in [0.25, 0.3) is 11.8 Å². The van der Waals surface area contributed by atoms with E-state index in [-0.39, 0.29) is 35.8 Å². The van der Waals surface area contributed by atoms with Crippen LogP contribution in [0, 0.1) is 5.82 Å². The molecule has 0 aliphatic carbocycles. The van der Waals surface area contributed by atoms with Crippen molar-refractivity contribution < 1.29 is 18.8 Å². The van der Waals surface area contributed by atoms with Gasteiger partial charge in [-0.3, -0.25) is 14.4 Å². The van der Waals surface area contributed by atoms with Gasteiger partial charge in [0.05, 0.1) is 10.6 Å². The van der Waals surface area contributed by atoms with Crippen LogP contribution in [0.3, 0.4) is 0 Å². The summed E-state index contributed by atoms with van der Waals surface area (Å²) < 4.78 is 12.9. The van der Waals surface area contributed by atoms with Crippen LogP contribution in [0.15, 0.2) is 42.5 Å². The third kappa shape index (κ3) is 5.29. The average molecular weight is 452 g/mol. The summed E-state index contributed by atoms with van der Waals surface area (Å²) in [6.07, 6.45) is 1.25. The fourth-order valence-corrected chi connectivity index (χ4v) is 3.77. The Morgan fingerprint density at radius 3 is 2.43 bits per heavy atom. The first-order chi connectivity index (χ1) is 14.4. The van der Waals surface area contributed by atoms with Crippen molar-refractivity contribution in [2.75, 3.05) is 19.6 Å². The fraction of sp³-hybridized carbons (Fsp3) is 0.286. The van der Waals surface area contributed by atoms with Crippen molar-refractivity contribution in [3.63, 3.8) is 0 Å². The smallest absolute Gasteiger partial charge is 0.256 e. The molecular weight excluding hydrogens is 432 g/mol. The number of likely N-dealkylation sites (tertiary alicyclic amines) is 1. The molecule has 3 amide bonds. The SMILES string of the molecule is O=C(NCCNC(=O)[C@@H]1CCCN1C(=O)c1ccc(Cl)cc1Cl)c1ccc(F)cc1. The standard InChI is InChI=1S/C21H20Cl2FN3O3/c22-14-5-8-16(17(23)12-14)21(30)27-11-1-2-18(27)20(29)26-10-9-25-19(28)13-3-6-15(24)7-4-13/h3-8,12,18H,1-2,9-11H2,(H,25,28)(H,26,29)/t18-/m0/s1. The number of carbonyl (C=O) groups is 3. The third-order valence-electron chi connectivity index (χ3n) is 4.79. The zero-order chi connectivity index (χ0) is 21.7. The predicted molar refractivity (Wildman–Crippen MR) is 112 cm³/mol. The van der Waals surface area contributed by atoms with Gasteiger partial charge in [0.1, 0.15) is 11.9 Å². The number of hydrogen-bond acceptors (Lipinski definition) is 3. The zero-order valence-electron chi connectivity index (χ0n) is 16.0. The molecule has 2 aromatic rings. The van der Waals surface area contributed by atoms with Gasteiger partial charge < -0.3 is 15.5 Å². The van der Waals surface area contributed by atoms with Gasteiger partial charge in [-0.05, 0) is 55.3 Å². The van der Waals surface area contributed by atoms with E-state index in [1.54, 1.807) is 12.1 Å². The number of nitrogens with one attached hydrogen (secondary N) is 2. The van der Waals surface area contributed by atoms with E-state index in [2.05, 4.69) is 10.6 Å². The Balaban J connectivity index is 1.51. The van der Waals surface area contributed by atoms with Crippen molar-refractivity contribution in [2.24, 2.45) is 0 Å². The van der Waals surface area contributed by atoms with Crippen molar-refractivity contribution in [3.05, 3.63) is 69.5 Å². The van der Waals surface area contributed by atoms with E-state index < -0.39 is 11.9 Å². The molecular formula is C21H20Cl2FN3O3. The van der Waals surface area contributed by atoms with E-state index >= 15 is 0 Å². The molecule has 2 aromatic carbocycles. The summed E-state index contributed by atoms with van der Waals surface area (Å²) in [5.74, 6) is -1.39. The molecule has 2 N–H and O–H groups in total. The topological polar surface area (TPSA) is 78.5 Å². The summed E-state index contributed by atoms with van der Waals surface area (Å²) >= 11 is 12.0. The molecule has 158 valence electrons. The Kier molecular flexibility index (Phi) is 7.29. The highest BCUT2D eigenvalue weighted by Crippen LogP contribution is 2.26. The van der Waals surface area contributed by atoms with Gasteiger partial charge in [-0.15, -0.1) is 0 Å². The van der Waals surface area contributed by atoms with Gasteiger partial charge in [-0.25, -0.2) is 4.39 Å². The first-order valence-electron chi connectivity index (χ1n) is 9.44. The third-order valence-corrected chi connectivity index (χ3v) is 5.34. The lowest BCUT2D eigenvalue weighted by Crippen LogP contribution is -2.47. The maximum atomic E-state index is 12.9. The molecule has 30 heavy (non-hydrogen) atoms. The second kappa shape index (κ2) is 9.91. The summed E-state index contributed by atoms with van der Waals surface area (Å²) in [7, 11) is 0. The minimum atomic E-state index is -0.600. The van der Waals surface area contributed by atoms with Crippen LogP contribution in [0.5, 0.6) is 0 Å². The van der Waals surface area contributed by atoms with E-state index in [1.165, 1.54) is 35.2 Å². The quantitative estimate of drug-likeness (QED) is 0.661. The van der Waals surface area contributed by atoms with Crippen LogP contribution in [0.1, 0.15) is 33.6 Å². The van der Waals surface area contributed by atoms with Crippen LogP contribution in [0.4, 0.5) is 4.39 Å². The maximum absolute atomic E-state index is 12.9. The first-order valence-corrected chi connectivity index (χ1v) is 10.2. The normalized spacial score (nSPS) is 15.7. The Hall–Kier alpha value is -2.64. The lowest BCUT2D eigenvalue weighted by Gasteiger charge is -2.24. The van der Waals surface area contributed by atoms with E-state index in [4.69, 9.17) is 23.2 Å². The Morgan fingerprint density at radius 1 is 1.03 bits per heavy atom. The average Bonchev–Trinajstić information content (AvgIpc) is 3.21. The van der Waals surface area contributed by atoms with E-state index in [9.17, 15) is 18.8 Å². The largest absolute Gasteiger partial charge is 0.353 e. The lowest BCUT2D eigenvalue weighted by molar-refractivity contribution is -0.124. The lowest BCUT2D eigenvalue weighted by atomic mass is 10.1. The number of carbonyl (C=O) groups excluding carboxylic acids is 3. The van der Waals surface area contributed by atoms with E-state index in [1.807, 2.05) is 0 Å². The van der Waals surface area contributed by atoms with Crippen molar-refractivity contribution >= 4 is 40.9 Å². The summed E-state index contributed by atoms with van der Waals surface area (Å²) in [6, 6.07) is 9.19. The Labute approximate surface area is 183 Å². The van der Waals surface area contributed by atoms with Crippen LogP contribution in [0.25, 0.3) is 0 Å². The summed E-state index contributed by atoms with van der Waals surface area (Å²) in [5.41, 5.74) is 0.627. The molecule has 3 rings (SSSR count). The summed E-state index contributed by atoms with van der Waals surface area (Å²) in [4.78, 5) is 38.9. The van der Waals surface area contributed by atoms with Crippen molar-refractivity contribution in [2.45, 2.75) is 18.9 Å². The minimum absolute atomic E-state index is 0.200. The van der Waals surface area contributed by atoms with Crippen molar-refractivity contribution in [3.8, 4) is 0 Å². The molecule has 9 heteroatoms. The molecule has 0 aromatic heterocycles. The molecule has 1 fully saturated rings. The van der Waals surface area contributed by atoms with E-state index in [0.717, 1.165) is 0 Å². The maximum Gasteiger partial charge on any atom is 0.256 e. The van der Waals surface area contributed by atoms with Crippen LogP contribution < -0.4 is 10.6 Å². The van der Waals surface area contributed by atoms with Crippen LogP contribution in [-0.4, -0.2) is 48.3 Å². The van der Waals surface area contributed by atoms with Gasteiger partial charge in [-0.2, -0.15) is 0 Å². The monoisotopic (exact) mass is 451 g/mol. The number of nitrogens with zero attached hydrogens (tertiary/aromatic N) is 1. The Morgan fingerprint density at radius 2 is 1.73 bits per heavy atom. The van der Waals surface area contributed by atoms with Crippen molar-refractivity contribution in [1.82, 2.24) is 15.5 Å². The molecule has 6 nitrogen and oxygen atoms in total. The van der Waals surface area contributed by atoms with Gasteiger partial charge >= 0.3 is 0 Å². The number of amides is 3. The fourth-order valence-electron chi connectivity index (χ4n) is 3.28. The molecule has 1 heterocycles. The summed E-state index contributed by atoms with van der Waals surface area (Å²) in [5, 5.41) is 6.05. The highest BCUT2D eigenvalue weighted by Gasteiger charge is 2.35. The molecule has 0 unspecified atom stereocenters. The number of rotatable bonds is 6. The van der Waals surface area contributed by atoms with Gasteiger partial charge in [0.15, 0.2) is 0 Å². The molecule has 1 aliphatic rings. The number of benzene rings is 2. The van der Waals surface area contributed by atoms with Gasteiger partial charge in [0, 0.05) is 30.2 Å². The molecule has 0 spiro atoms. The molecule has 0 bridgehead atoms. The molecule has 1 saturated heterocycles. The Bertz CT molecular complexity index is 953. The molecule has 1 atom stereocenters. The second-order valence-corrected chi connectivity index (χ2v) is 7.68. The molecule has 0 saturated carbocycles. The van der Waals surface area contributed by atoms with Gasteiger partial charge in [-0.1, -0.05) is 23.2 Å².